The molecule has 0 aliphatic carbocycles. The Bertz CT molecular complexity index is 1490. The number of rotatable bonds is 9. The summed E-state index contributed by atoms with van der Waals surface area (Å²) in [5.74, 6) is -0.660. The lowest BCUT2D eigenvalue weighted by molar-refractivity contribution is -0.139. The van der Waals surface area contributed by atoms with Crippen LogP contribution in [0.25, 0.3) is 40.1 Å². The topological polar surface area (TPSA) is 134 Å². The summed E-state index contributed by atoms with van der Waals surface area (Å²) >= 11 is 0. The number of hydrogen-bond acceptors (Lipinski definition) is 6. The van der Waals surface area contributed by atoms with Crippen molar-refractivity contribution >= 4 is 18.0 Å². The third kappa shape index (κ3) is 6.70. The first kappa shape index (κ1) is 27.6. The van der Waals surface area contributed by atoms with Gasteiger partial charge < -0.3 is 21.1 Å². The van der Waals surface area contributed by atoms with E-state index in [0.717, 1.165) is 12.1 Å². The highest BCUT2D eigenvalue weighted by atomic mass is 19.4. The molecule has 0 unspecified atom stereocenters. The lowest BCUT2D eigenvalue weighted by Gasteiger charge is -2.14. The van der Waals surface area contributed by atoms with Crippen molar-refractivity contribution in [3.8, 4) is 33.9 Å². The normalized spacial score (nSPS) is 13.5. The minimum absolute atomic E-state index is 0.191. The quantitative estimate of drug-likeness (QED) is 0.237. The lowest BCUT2D eigenvalue weighted by atomic mass is 10.0. The number of pyridine rings is 1. The average molecular weight is 539 g/mol. The molecule has 0 saturated carbocycles. The Morgan fingerprint density at radius 1 is 1.00 bits per heavy atom. The number of imidazole rings is 1. The molecule has 0 spiro atoms. The standard InChI is InChI=1S/C28H25F3N4O4/c29-28(30,31)20-8-4-7-19(13-20)26-25(18-9-11-33-23(32)14-18)34-27(17-5-2-1-3-6-17)35(26)12-10-21(36)15-22(37)16-24(38)39/h1-14,21-22,36-37H,15-16H2,(H2,32,33)(H,38,39)/t21-,22-/m1/s1. The number of aliphatic hydroxyl groups excluding tert-OH is 2. The number of nitrogens with two attached hydrogens (primary N) is 1. The second-order valence-corrected chi connectivity index (χ2v) is 8.81. The van der Waals surface area contributed by atoms with Gasteiger partial charge in [-0.15, -0.1) is 0 Å². The number of aliphatic carboxylic acids is 1. The van der Waals surface area contributed by atoms with E-state index in [0.29, 0.717) is 28.3 Å². The van der Waals surface area contributed by atoms with Crippen molar-refractivity contribution in [1.29, 1.82) is 0 Å². The molecule has 2 atom stereocenters. The van der Waals surface area contributed by atoms with Crippen molar-refractivity contribution in [1.82, 2.24) is 14.5 Å². The average Bonchev–Trinajstić information content (AvgIpc) is 3.26. The lowest BCUT2D eigenvalue weighted by Crippen LogP contribution is -2.19. The van der Waals surface area contributed by atoms with Gasteiger partial charge >= 0.3 is 12.1 Å². The predicted octanol–water partition coefficient (Wildman–Crippen LogP) is 4.94. The molecule has 39 heavy (non-hydrogen) atoms. The van der Waals surface area contributed by atoms with E-state index in [1.165, 1.54) is 30.6 Å². The maximum Gasteiger partial charge on any atom is 0.416 e. The molecule has 11 heteroatoms. The Hall–Kier alpha value is -4.48. The van der Waals surface area contributed by atoms with Crippen molar-refractivity contribution in [3.05, 3.63) is 84.6 Å². The minimum atomic E-state index is -4.59. The Morgan fingerprint density at radius 2 is 1.72 bits per heavy atom. The van der Waals surface area contributed by atoms with E-state index in [2.05, 4.69) is 4.98 Å². The van der Waals surface area contributed by atoms with E-state index in [1.54, 1.807) is 47.0 Å². The zero-order valence-corrected chi connectivity index (χ0v) is 20.5. The molecule has 4 aromatic rings. The number of hydrogen-bond donors (Lipinski definition) is 4. The van der Waals surface area contributed by atoms with Crippen LogP contribution >= 0.6 is 0 Å². The monoisotopic (exact) mass is 538 g/mol. The highest BCUT2D eigenvalue weighted by Crippen LogP contribution is 2.39. The summed E-state index contributed by atoms with van der Waals surface area (Å²) in [6.07, 6.45) is -3.71. The molecule has 2 aromatic carbocycles. The number of aliphatic hydroxyl groups is 2. The van der Waals surface area contributed by atoms with Crippen LogP contribution in [-0.4, -0.2) is 48.0 Å². The van der Waals surface area contributed by atoms with Crippen molar-refractivity contribution in [2.75, 3.05) is 5.73 Å². The van der Waals surface area contributed by atoms with E-state index in [1.807, 2.05) is 0 Å². The third-order valence-corrected chi connectivity index (χ3v) is 5.84. The molecule has 0 aliphatic rings. The van der Waals surface area contributed by atoms with E-state index in [4.69, 9.17) is 15.8 Å². The molecule has 2 heterocycles. The number of nitrogens with zero attached hydrogens (tertiary/aromatic N) is 3. The fraction of sp³-hybridized carbons (Fsp3) is 0.179. The fourth-order valence-electron chi connectivity index (χ4n) is 4.11. The van der Waals surface area contributed by atoms with Crippen LogP contribution in [0, 0.1) is 0 Å². The highest BCUT2D eigenvalue weighted by molar-refractivity contribution is 5.85. The van der Waals surface area contributed by atoms with Crippen LogP contribution in [0.1, 0.15) is 18.4 Å². The Balaban J connectivity index is 1.93. The number of alkyl halides is 3. The van der Waals surface area contributed by atoms with Gasteiger partial charge in [0.1, 0.15) is 11.6 Å². The molecule has 0 fully saturated rings. The second-order valence-electron chi connectivity index (χ2n) is 8.81. The van der Waals surface area contributed by atoms with Crippen molar-refractivity contribution in [2.24, 2.45) is 0 Å². The third-order valence-electron chi connectivity index (χ3n) is 5.84. The number of carboxylic acids is 1. The molecule has 0 saturated heterocycles. The molecule has 8 nitrogen and oxygen atoms in total. The molecule has 0 amide bonds. The first-order chi connectivity index (χ1) is 18.5. The number of aromatic nitrogens is 3. The van der Waals surface area contributed by atoms with Crippen LogP contribution in [0.3, 0.4) is 0 Å². The van der Waals surface area contributed by atoms with Gasteiger partial charge in [-0.1, -0.05) is 42.5 Å². The maximum atomic E-state index is 13.6. The molecule has 5 N–H and O–H groups in total. The fourth-order valence-corrected chi connectivity index (χ4v) is 4.11. The van der Waals surface area contributed by atoms with Crippen molar-refractivity contribution in [2.45, 2.75) is 31.2 Å². The summed E-state index contributed by atoms with van der Waals surface area (Å²) in [6.45, 7) is 0. The largest absolute Gasteiger partial charge is 0.481 e. The maximum absolute atomic E-state index is 13.6. The highest BCUT2D eigenvalue weighted by Gasteiger charge is 2.31. The van der Waals surface area contributed by atoms with E-state index >= 15 is 0 Å². The van der Waals surface area contributed by atoms with Crippen molar-refractivity contribution < 1.29 is 33.3 Å². The molecule has 0 aliphatic heterocycles. The number of benzene rings is 2. The molecule has 4 rings (SSSR count). The number of carboxylic acid groups (broad SMARTS) is 1. The van der Waals surface area contributed by atoms with Crippen LogP contribution in [-0.2, 0) is 11.0 Å². The first-order valence-corrected chi connectivity index (χ1v) is 11.9. The summed E-state index contributed by atoms with van der Waals surface area (Å²) in [4.78, 5) is 19.6. The van der Waals surface area contributed by atoms with Gasteiger partial charge in [0.05, 0.1) is 35.6 Å². The summed E-state index contributed by atoms with van der Waals surface area (Å²) in [5.41, 5.74) is 7.02. The van der Waals surface area contributed by atoms with Crippen LogP contribution in [0.5, 0.6) is 0 Å². The summed E-state index contributed by atoms with van der Waals surface area (Å²) < 4.78 is 42.5. The molecule has 0 radical (unpaired) electrons. The van der Waals surface area contributed by atoms with Gasteiger partial charge in [0.15, 0.2) is 0 Å². The smallest absolute Gasteiger partial charge is 0.416 e. The molecule has 0 bridgehead atoms. The van der Waals surface area contributed by atoms with Gasteiger partial charge in [0, 0.05) is 35.5 Å². The van der Waals surface area contributed by atoms with Gasteiger partial charge in [0.25, 0.3) is 0 Å². The SMILES string of the molecule is Nc1cc(-c2nc(-c3ccccc3)n(C=C[C@@H](O)C[C@@H](O)CC(=O)O)c2-c2cccc(C(F)(F)F)c2)ccn1. The summed E-state index contributed by atoms with van der Waals surface area (Å²) in [5, 5.41) is 29.3. The summed E-state index contributed by atoms with van der Waals surface area (Å²) in [7, 11) is 0. The van der Waals surface area contributed by atoms with Gasteiger partial charge in [-0.25, -0.2) is 9.97 Å². The molecular formula is C28H25F3N4O4. The van der Waals surface area contributed by atoms with Crippen LogP contribution in [0.2, 0.25) is 0 Å². The Morgan fingerprint density at radius 3 is 2.38 bits per heavy atom. The number of halogens is 3. The van der Waals surface area contributed by atoms with E-state index in [9.17, 15) is 28.2 Å². The Labute approximate surface area is 221 Å². The van der Waals surface area contributed by atoms with Crippen LogP contribution < -0.4 is 5.73 Å². The molecule has 2 aromatic heterocycles. The van der Waals surface area contributed by atoms with E-state index < -0.39 is 36.3 Å². The predicted molar refractivity (Wildman–Crippen MR) is 140 cm³/mol. The number of anilines is 1. The number of nitrogen functional groups attached to an aromatic ring is 1. The van der Waals surface area contributed by atoms with Gasteiger partial charge in [-0.3, -0.25) is 9.36 Å². The van der Waals surface area contributed by atoms with Crippen LogP contribution in [0.4, 0.5) is 19.0 Å². The minimum Gasteiger partial charge on any atom is -0.481 e. The van der Waals surface area contributed by atoms with E-state index in [-0.39, 0.29) is 17.8 Å². The number of carbonyl (C=O) groups is 1. The van der Waals surface area contributed by atoms with Crippen molar-refractivity contribution in [3.63, 3.8) is 0 Å². The van der Waals surface area contributed by atoms with Crippen LogP contribution in [0.15, 0.2) is 79.0 Å². The first-order valence-electron chi connectivity index (χ1n) is 11.9. The zero-order chi connectivity index (χ0) is 28.2. The molecular weight excluding hydrogens is 513 g/mol. The van der Waals surface area contributed by atoms with Gasteiger partial charge in [-0.2, -0.15) is 13.2 Å². The van der Waals surface area contributed by atoms with Gasteiger partial charge in [-0.05, 0) is 30.3 Å². The zero-order valence-electron chi connectivity index (χ0n) is 20.5. The Kier molecular flexibility index (Phi) is 8.12. The summed E-state index contributed by atoms with van der Waals surface area (Å²) in [6, 6.07) is 16.9. The molecule has 202 valence electrons. The van der Waals surface area contributed by atoms with Gasteiger partial charge in [0.2, 0.25) is 0 Å². The second kappa shape index (κ2) is 11.5.